The molecule has 0 unspecified atom stereocenters. The molecule has 0 saturated carbocycles. The van der Waals surface area contributed by atoms with Crippen LogP contribution in [-0.2, 0) is 0 Å². The molecule has 0 saturated heterocycles. The molecular weight excluding hydrogens is 166 g/mol. The van der Waals surface area contributed by atoms with E-state index in [0.717, 1.165) is 5.56 Å². The maximum Gasteiger partial charge on any atom is 0.181 e. The molecule has 13 heavy (non-hydrogen) atoms. The molecule has 0 aliphatic carbocycles. The topological polar surface area (TPSA) is 52.5 Å². The fourth-order valence-electron chi connectivity index (χ4n) is 1.16. The van der Waals surface area contributed by atoms with Gasteiger partial charge in [-0.1, -0.05) is 13.8 Å². The summed E-state index contributed by atoms with van der Waals surface area (Å²) in [6.45, 7) is 4.07. The zero-order valence-electron chi connectivity index (χ0n) is 8.13. The van der Waals surface area contributed by atoms with Crippen LogP contribution in [0, 0.1) is 0 Å². The van der Waals surface area contributed by atoms with E-state index in [2.05, 4.69) is 5.32 Å². The van der Waals surface area contributed by atoms with Gasteiger partial charge in [-0.3, -0.25) is 0 Å². The smallest absolute Gasteiger partial charge is 0.181 e. The normalized spacial score (nSPS) is 10.5. The molecule has 0 aromatic heterocycles. The standard InChI is InChI=1S/C10H15NO2/c1-6(2)7-4-8(11-3)10(13)9(12)5-7/h4-6,11-13H,1-3H3. The van der Waals surface area contributed by atoms with Crippen LogP contribution in [0.2, 0.25) is 0 Å². The summed E-state index contributed by atoms with van der Waals surface area (Å²) in [4.78, 5) is 0. The minimum atomic E-state index is -0.0908. The SMILES string of the molecule is CNc1cc(C(C)C)cc(O)c1O. The number of phenols is 2. The van der Waals surface area contributed by atoms with Crippen molar-refractivity contribution >= 4 is 5.69 Å². The zero-order valence-corrected chi connectivity index (χ0v) is 8.13. The number of aromatic hydroxyl groups is 2. The molecule has 0 amide bonds. The third-order valence-corrected chi connectivity index (χ3v) is 2.05. The van der Waals surface area contributed by atoms with Gasteiger partial charge in [0.1, 0.15) is 0 Å². The van der Waals surface area contributed by atoms with Crippen molar-refractivity contribution in [1.29, 1.82) is 0 Å². The predicted molar refractivity (Wildman–Crippen MR) is 53.4 cm³/mol. The van der Waals surface area contributed by atoms with E-state index >= 15 is 0 Å². The van der Waals surface area contributed by atoms with Crippen LogP contribution in [0.4, 0.5) is 5.69 Å². The van der Waals surface area contributed by atoms with Gasteiger partial charge in [0.15, 0.2) is 11.5 Å². The minimum absolute atomic E-state index is 0.0736. The van der Waals surface area contributed by atoms with Crippen molar-refractivity contribution in [3.63, 3.8) is 0 Å². The first-order valence-electron chi connectivity index (χ1n) is 4.30. The van der Waals surface area contributed by atoms with Gasteiger partial charge >= 0.3 is 0 Å². The van der Waals surface area contributed by atoms with E-state index in [1.807, 2.05) is 19.9 Å². The Bertz CT molecular complexity index is 308. The van der Waals surface area contributed by atoms with Gasteiger partial charge in [0, 0.05) is 7.05 Å². The lowest BCUT2D eigenvalue weighted by Gasteiger charge is -2.11. The van der Waals surface area contributed by atoms with E-state index in [0.29, 0.717) is 11.6 Å². The lowest BCUT2D eigenvalue weighted by Crippen LogP contribution is -1.93. The first kappa shape index (κ1) is 9.71. The highest BCUT2D eigenvalue weighted by Gasteiger charge is 2.09. The highest BCUT2D eigenvalue weighted by atomic mass is 16.3. The minimum Gasteiger partial charge on any atom is -0.504 e. The number of nitrogens with one attached hydrogen (secondary N) is 1. The molecule has 3 nitrogen and oxygen atoms in total. The van der Waals surface area contributed by atoms with Crippen molar-refractivity contribution in [2.24, 2.45) is 0 Å². The molecule has 1 aromatic rings. The number of rotatable bonds is 2. The third kappa shape index (κ3) is 1.86. The molecule has 0 heterocycles. The van der Waals surface area contributed by atoms with Gasteiger partial charge < -0.3 is 15.5 Å². The van der Waals surface area contributed by atoms with Crippen molar-refractivity contribution in [2.45, 2.75) is 19.8 Å². The maximum absolute atomic E-state index is 9.39. The Hall–Kier alpha value is -1.38. The van der Waals surface area contributed by atoms with Gasteiger partial charge in [0.2, 0.25) is 0 Å². The van der Waals surface area contributed by atoms with Crippen LogP contribution < -0.4 is 5.32 Å². The molecular formula is C10H15NO2. The van der Waals surface area contributed by atoms with Crippen molar-refractivity contribution in [2.75, 3.05) is 12.4 Å². The molecule has 1 aromatic carbocycles. The summed E-state index contributed by atoms with van der Waals surface area (Å²) in [6, 6.07) is 3.42. The van der Waals surface area contributed by atoms with E-state index in [9.17, 15) is 10.2 Å². The van der Waals surface area contributed by atoms with Gasteiger partial charge in [-0.05, 0) is 23.6 Å². The lowest BCUT2D eigenvalue weighted by molar-refractivity contribution is 0.404. The Morgan fingerprint density at radius 3 is 2.31 bits per heavy atom. The Labute approximate surface area is 78.0 Å². The molecule has 0 bridgehead atoms. The van der Waals surface area contributed by atoms with Gasteiger partial charge in [0.25, 0.3) is 0 Å². The van der Waals surface area contributed by atoms with E-state index in [-0.39, 0.29) is 11.5 Å². The summed E-state index contributed by atoms with van der Waals surface area (Å²) in [5.41, 5.74) is 1.56. The molecule has 0 fully saturated rings. The Kier molecular flexibility index (Phi) is 2.66. The van der Waals surface area contributed by atoms with Gasteiger partial charge in [0.05, 0.1) is 5.69 Å². The van der Waals surface area contributed by atoms with Crippen LogP contribution in [-0.4, -0.2) is 17.3 Å². The number of anilines is 1. The first-order valence-corrected chi connectivity index (χ1v) is 4.30. The molecule has 0 radical (unpaired) electrons. The number of benzene rings is 1. The molecule has 0 aliphatic rings. The van der Waals surface area contributed by atoms with E-state index in [1.54, 1.807) is 13.1 Å². The number of hydrogen-bond donors (Lipinski definition) is 3. The molecule has 3 heteroatoms. The largest absolute Gasteiger partial charge is 0.504 e. The Morgan fingerprint density at radius 2 is 1.85 bits per heavy atom. The van der Waals surface area contributed by atoms with Gasteiger partial charge in [-0.25, -0.2) is 0 Å². The molecule has 0 spiro atoms. The molecule has 0 aliphatic heterocycles. The van der Waals surface area contributed by atoms with E-state index < -0.39 is 0 Å². The third-order valence-electron chi connectivity index (χ3n) is 2.05. The molecule has 0 atom stereocenters. The molecule has 1 rings (SSSR count). The highest BCUT2D eigenvalue weighted by Crippen LogP contribution is 2.36. The lowest BCUT2D eigenvalue weighted by atomic mass is 10.0. The molecule has 3 N–H and O–H groups in total. The average molecular weight is 181 g/mol. The summed E-state index contributed by atoms with van der Waals surface area (Å²) in [5.74, 6) is 0.168. The average Bonchev–Trinajstić information content (AvgIpc) is 2.09. The predicted octanol–water partition coefficient (Wildman–Crippen LogP) is 2.26. The molecule has 72 valence electrons. The quantitative estimate of drug-likeness (QED) is 0.613. The van der Waals surface area contributed by atoms with Crippen molar-refractivity contribution < 1.29 is 10.2 Å². The van der Waals surface area contributed by atoms with Gasteiger partial charge in [-0.15, -0.1) is 0 Å². The van der Waals surface area contributed by atoms with Crippen molar-refractivity contribution in [3.05, 3.63) is 17.7 Å². The van der Waals surface area contributed by atoms with Crippen molar-refractivity contribution in [3.8, 4) is 11.5 Å². The fourth-order valence-corrected chi connectivity index (χ4v) is 1.16. The second-order valence-electron chi connectivity index (χ2n) is 3.34. The fraction of sp³-hybridized carbons (Fsp3) is 0.400. The Morgan fingerprint density at radius 1 is 1.23 bits per heavy atom. The monoisotopic (exact) mass is 181 g/mol. The summed E-state index contributed by atoms with van der Waals surface area (Å²) < 4.78 is 0. The van der Waals surface area contributed by atoms with E-state index in [1.165, 1.54) is 0 Å². The van der Waals surface area contributed by atoms with Crippen LogP contribution in [0.5, 0.6) is 11.5 Å². The van der Waals surface area contributed by atoms with Crippen LogP contribution in [0.15, 0.2) is 12.1 Å². The second kappa shape index (κ2) is 3.56. The summed E-state index contributed by atoms with van der Waals surface area (Å²) in [6.07, 6.45) is 0. The second-order valence-corrected chi connectivity index (χ2v) is 3.34. The number of phenolic OH excluding ortho intramolecular Hbond substituents is 2. The highest BCUT2D eigenvalue weighted by molar-refractivity contribution is 5.63. The Balaban J connectivity index is 3.22. The maximum atomic E-state index is 9.39. The van der Waals surface area contributed by atoms with Crippen LogP contribution in [0.1, 0.15) is 25.3 Å². The zero-order chi connectivity index (χ0) is 10.0. The van der Waals surface area contributed by atoms with Gasteiger partial charge in [-0.2, -0.15) is 0 Å². The van der Waals surface area contributed by atoms with Crippen molar-refractivity contribution in [1.82, 2.24) is 0 Å². The number of hydrogen-bond acceptors (Lipinski definition) is 3. The summed E-state index contributed by atoms with van der Waals surface area (Å²) in [5, 5.41) is 21.6. The van der Waals surface area contributed by atoms with Crippen LogP contribution in [0.25, 0.3) is 0 Å². The summed E-state index contributed by atoms with van der Waals surface area (Å²) in [7, 11) is 1.71. The first-order chi connectivity index (χ1) is 6.06. The van der Waals surface area contributed by atoms with E-state index in [4.69, 9.17) is 0 Å². The van der Waals surface area contributed by atoms with Crippen LogP contribution in [0.3, 0.4) is 0 Å². The van der Waals surface area contributed by atoms with Crippen LogP contribution >= 0.6 is 0 Å². The summed E-state index contributed by atoms with van der Waals surface area (Å²) >= 11 is 0.